The molecule has 434 valence electrons. The molecular formula is C45H81N19O12S. The van der Waals surface area contributed by atoms with Gasteiger partial charge in [-0.15, -0.1) is 0 Å². The molecule has 0 spiro atoms. The molecule has 31 nitrogen and oxygen atoms in total. The summed E-state index contributed by atoms with van der Waals surface area (Å²) in [5.74, 6) is -9.70. The number of benzene rings is 1. The molecule has 8 amide bonds. The number of carbonyl (C=O) groups excluding carboxylic acids is 8. The number of nitrogens with two attached hydrogens (primary N) is 7. The third-order valence-corrected chi connectivity index (χ3v) is 11.8. The number of thiol groups is 1. The van der Waals surface area contributed by atoms with Crippen LogP contribution >= 0.6 is 12.6 Å². The van der Waals surface area contributed by atoms with Gasteiger partial charge in [0.05, 0.1) is 12.1 Å². The Morgan fingerprint density at radius 3 is 1.29 bits per heavy atom. The van der Waals surface area contributed by atoms with Gasteiger partial charge in [-0.1, -0.05) is 12.1 Å². The smallest absolute Gasteiger partial charge is 0.326 e. The van der Waals surface area contributed by atoms with Gasteiger partial charge >= 0.3 is 5.97 Å². The lowest BCUT2D eigenvalue weighted by Gasteiger charge is -2.28. The molecule has 29 N–H and O–H groups in total. The van der Waals surface area contributed by atoms with Gasteiger partial charge in [-0.3, -0.25) is 49.2 Å². The van der Waals surface area contributed by atoms with Gasteiger partial charge in [-0.05, 0) is 109 Å². The Morgan fingerprint density at radius 2 is 0.883 bits per heavy atom. The van der Waals surface area contributed by atoms with E-state index < -0.39 is 114 Å². The molecule has 32 heteroatoms. The molecule has 1 aromatic carbocycles. The van der Waals surface area contributed by atoms with Crippen LogP contribution in [0, 0.1) is 10.8 Å². The van der Waals surface area contributed by atoms with E-state index in [0.29, 0.717) is 12.0 Å². The first-order valence-electron chi connectivity index (χ1n) is 24.9. The number of hydrogen-bond acceptors (Lipinski definition) is 19. The van der Waals surface area contributed by atoms with E-state index in [0.717, 1.165) is 0 Å². The van der Waals surface area contributed by atoms with E-state index in [9.17, 15) is 58.5 Å². The van der Waals surface area contributed by atoms with Crippen LogP contribution in [0.15, 0.2) is 24.3 Å². The van der Waals surface area contributed by atoms with Crippen LogP contribution in [0.3, 0.4) is 0 Å². The molecule has 0 fully saturated rings. The first-order chi connectivity index (χ1) is 36.4. The van der Waals surface area contributed by atoms with E-state index >= 15 is 0 Å². The average molecular weight is 1110 g/mol. The van der Waals surface area contributed by atoms with Gasteiger partial charge in [-0.2, -0.15) is 12.6 Å². The summed E-state index contributed by atoms with van der Waals surface area (Å²) in [5.41, 5.74) is 40.1. The quantitative estimate of drug-likeness (QED) is 0.0127. The number of carboxylic acid groups (broad SMARTS) is 1. The molecular weight excluding hydrogens is 1030 g/mol. The monoisotopic (exact) mass is 1110 g/mol. The summed E-state index contributed by atoms with van der Waals surface area (Å²) in [6, 6.07) is -7.03. The molecule has 0 bridgehead atoms. The summed E-state index contributed by atoms with van der Waals surface area (Å²) in [6.07, 6.45) is -1.58. The number of carbonyl (C=O) groups is 9. The van der Waals surface area contributed by atoms with E-state index in [4.69, 9.17) is 51.0 Å². The van der Waals surface area contributed by atoms with Crippen molar-refractivity contribution in [2.24, 2.45) is 40.1 Å². The second-order valence-electron chi connectivity index (χ2n) is 17.8. The molecule has 0 radical (unpaired) electrons. The molecule has 0 saturated heterocycles. The Morgan fingerprint density at radius 1 is 0.519 bits per heavy atom. The van der Waals surface area contributed by atoms with Gasteiger partial charge in [0.25, 0.3) is 0 Å². The van der Waals surface area contributed by atoms with Crippen molar-refractivity contribution < 1.29 is 58.5 Å². The Balaban J connectivity index is 3.24. The maximum absolute atomic E-state index is 13.8. The van der Waals surface area contributed by atoms with Gasteiger partial charge < -0.3 is 109 Å². The fraction of sp³-hybridized carbons (Fsp3) is 0.622. The minimum Gasteiger partial charge on any atom is -0.508 e. The molecule has 0 aromatic heterocycles. The zero-order valence-corrected chi connectivity index (χ0v) is 44.0. The molecule has 0 aliphatic rings. The number of phenolic OH excluding ortho intramolecular Hbond substituents is 1. The topological polar surface area (TPSA) is 564 Å². The molecule has 10 atom stereocenters. The molecule has 77 heavy (non-hydrogen) atoms. The number of amides is 8. The van der Waals surface area contributed by atoms with Crippen molar-refractivity contribution in [3.8, 4) is 5.75 Å². The number of phenols is 1. The van der Waals surface area contributed by atoms with E-state index in [1.807, 2.05) is 0 Å². The summed E-state index contributed by atoms with van der Waals surface area (Å²) in [7, 11) is 0. The minimum atomic E-state index is -1.69. The largest absolute Gasteiger partial charge is 0.508 e. The SMILES string of the molecule is C[C@@H](O)[C@H](NC(=O)[C@H](CCN)NC(=O)[C@@H](N)CCCNC(=N)N)C(=O)N[C@H](CCN)C(=O)N[C@@H](CCCN)C(=O)N[C@@H](CS)C(=O)N[C@@H](CCN)C(=O)N[C@@H](CCCNC(=N)N)C(=O)N[C@@H](Cc1ccc(O)cc1)C(=O)O. The summed E-state index contributed by atoms with van der Waals surface area (Å²) in [4.78, 5) is 121. The molecule has 0 unspecified atom stereocenters. The van der Waals surface area contributed by atoms with Crippen molar-refractivity contribution in [3.63, 3.8) is 0 Å². The lowest BCUT2D eigenvalue weighted by Crippen LogP contribution is -2.62. The van der Waals surface area contributed by atoms with Crippen LogP contribution in [-0.2, 0) is 49.6 Å². The highest BCUT2D eigenvalue weighted by Crippen LogP contribution is 2.13. The van der Waals surface area contributed by atoms with Crippen molar-refractivity contribution in [3.05, 3.63) is 29.8 Å². The number of aliphatic hydroxyl groups excluding tert-OH is 1. The second-order valence-corrected chi connectivity index (χ2v) is 18.1. The fourth-order valence-electron chi connectivity index (χ4n) is 7.19. The summed E-state index contributed by atoms with van der Waals surface area (Å²) < 4.78 is 0. The maximum Gasteiger partial charge on any atom is 0.326 e. The van der Waals surface area contributed by atoms with Gasteiger partial charge in [-0.25, -0.2) is 4.79 Å². The van der Waals surface area contributed by atoms with Gasteiger partial charge in [0.2, 0.25) is 47.3 Å². The molecule has 0 saturated carbocycles. The second kappa shape index (κ2) is 36.8. The van der Waals surface area contributed by atoms with E-state index in [-0.39, 0.29) is 120 Å². The first-order valence-corrected chi connectivity index (χ1v) is 25.5. The average Bonchev–Trinajstić information content (AvgIpc) is 3.37. The van der Waals surface area contributed by atoms with E-state index in [1.165, 1.54) is 31.2 Å². The lowest BCUT2D eigenvalue weighted by atomic mass is 10.0. The van der Waals surface area contributed by atoms with Gasteiger partial charge in [0.15, 0.2) is 11.9 Å². The van der Waals surface area contributed by atoms with Crippen molar-refractivity contribution >= 4 is 77.8 Å². The van der Waals surface area contributed by atoms with Crippen LogP contribution in [0.1, 0.15) is 70.3 Å². The Bertz CT molecular complexity index is 2110. The summed E-state index contributed by atoms with van der Waals surface area (Å²) in [6.45, 7) is 1.19. The van der Waals surface area contributed by atoms with Crippen molar-refractivity contribution in [1.82, 2.24) is 53.2 Å². The van der Waals surface area contributed by atoms with Crippen LogP contribution in [0.2, 0.25) is 0 Å². The van der Waals surface area contributed by atoms with Crippen LogP contribution in [0.5, 0.6) is 5.75 Å². The molecule has 1 aromatic rings. The zero-order chi connectivity index (χ0) is 58.2. The Kier molecular flexibility index (Phi) is 32.5. The van der Waals surface area contributed by atoms with Crippen molar-refractivity contribution in [2.45, 2.75) is 132 Å². The van der Waals surface area contributed by atoms with Gasteiger partial charge in [0.1, 0.15) is 54.1 Å². The fourth-order valence-corrected chi connectivity index (χ4v) is 7.45. The highest BCUT2D eigenvalue weighted by atomic mass is 32.1. The van der Waals surface area contributed by atoms with Gasteiger partial charge in [0, 0.05) is 25.3 Å². The number of rotatable bonds is 38. The maximum atomic E-state index is 13.8. The minimum absolute atomic E-state index is 0.0581. The standard InChI is InChI=1S/C45H81N19O12S/c1-23(65)34(64-40(72)31(14-18-49)57-35(67)26(50)5-3-19-55-44(51)52)42(74)61-30(13-17-48)39(71)58-27(6-2-15-46)37(69)63-33(22-77)41(73)60-29(12-16-47)38(70)59-28(7-4-20-56-45(53)54)36(68)62-32(43(75)76)21-24-8-10-25(66)11-9-24/h8-11,23,26-34,65-66,77H,2-7,12-22,46-50H2,1H3,(H,57,67)(H,58,71)(H,59,70)(H,60,73)(H,61,74)(H,62,68)(H,63,69)(H,64,72)(H,75,76)(H4,51,52,55)(H4,53,54,56)/t23-,26+,27+,28+,29+,30-,31+,32+,33+,34+/m1/s1. The zero-order valence-electron chi connectivity index (χ0n) is 43.1. The molecule has 0 aliphatic heterocycles. The lowest BCUT2D eigenvalue weighted by molar-refractivity contribution is -0.142. The van der Waals surface area contributed by atoms with Crippen molar-refractivity contribution in [2.75, 3.05) is 45.0 Å². The third-order valence-electron chi connectivity index (χ3n) is 11.4. The van der Waals surface area contributed by atoms with Crippen LogP contribution < -0.4 is 93.3 Å². The number of nitrogens with one attached hydrogen (secondary N) is 12. The normalized spacial score (nSPS) is 14.9. The number of guanidine groups is 2. The predicted molar refractivity (Wildman–Crippen MR) is 286 cm³/mol. The number of aromatic hydroxyl groups is 1. The van der Waals surface area contributed by atoms with Crippen LogP contribution in [-0.4, -0.2) is 186 Å². The van der Waals surface area contributed by atoms with Crippen LogP contribution in [0.4, 0.5) is 0 Å². The highest BCUT2D eigenvalue weighted by molar-refractivity contribution is 7.80. The van der Waals surface area contributed by atoms with Crippen LogP contribution in [0.25, 0.3) is 0 Å². The molecule has 0 aliphatic carbocycles. The third kappa shape index (κ3) is 26.5. The Hall–Kier alpha value is -7.10. The van der Waals surface area contributed by atoms with Crippen molar-refractivity contribution in [1.29, 1.82) is 10.8 Å². The molecule has 0 heterocycles. The Labute approximate surface area is 451 Å². The summed E-state index contributed by atoms with van der Waals surface area (Å²) >= 11 is 4.22. The number of aliphatic hydroxyl groups is 1. The number of aliphatic carboxylic acids is 1. The van der Waals surface area contributed by atoms with E-state index in [2.05, 4.69) is 65.8 Å². The number of hydrogen-bond donors (Lipinski definition) is 23. The highest BCUT2D eigenvalue weighted by Gasteiger charge is 2.35. The van der Waals surface area contributed by atoms with E-state index in [1.54, 1.807) is 0 Å². The summed E-state index contributed by atoms with van der Waals surface area (Å²) in [5, 5.41) is 69.6. The first kappa shape index (κ1) is 67.9. The predicted octanol–water partition coefficient (Wildman–Crippen LogP) is -8.15. The number of carboxylic acids is 1. The molecule has 1 rings (SSSR count).